The van der Waals surface area contributed by atoms with Crippen LogP contribution in [0.2, 0.25) is 0 Å². The number of para-hydroxylation sites is 1. The van der Waals surface area contributed by atoms with Gasteiger partial charge in [-0.05, 0) is 97.1 Å². The average molecular weight is 622 g/mol. The molecule has 3 aromatic heterocycles. The third kappa shape index (κ3) is 4.35. The summed E-state index contributed by atoms with van der Waals surface area (Å²) in [6.45, 7) is 18.8. The number of benzene rings is 5. The van der Waals surface area contributed by atoms with Crippen molar-refractivity contribution in [2.75, 3.05) is 0 Å². The Morgan fingerprint density at radius 3 is 2.33 bits per heavy atom. The molecule has 0 aliphatic carbocycles. The van der Waals surface area contributed by atoms with Gasteiger partial charge in [0, 0.05) is 38.4 Å². The number of furan rings is 2. The quantitative estimate of drug-likeness (QED) is 0.166. The minimum absolute atomic E-state index is 0.846. The first-order chi connectivity index (χ1) is 23.4. The molecular weight excluding hydrogens is 587 g/mol. The number of nitrogens with zero attached hydrogens (tertiary/aromatic N) is 1. The van der Waals surface area contributed by atoms with Gasteiger partial charge in [0.05, 0.1) is 16.6 Å². The second-order valence-corrected chi connectivity index (χ2v) is 12.3. The Bertz CT molecular complexity index is 2700. The summed E-state index contributed by atoms with van der Waals surface area (Å²) in [6.07, 6.45) is 9.97. The molecule has 8 aromatic rings. The van der Waals surface area contributed by atoms with Crippen LogP contribution in [0.25, 0.3) is 89.3 Å². The van der Waals surface area contributed by atoms with Crippen molar-refractivity contribution in [3.05, 3.63) is 157 Å². The van der Waals surface area contributed by atoms with Crippen LogP contribution in [-0.2, 0) is 0 Å². The minimum Gasteiger partial charge on any atom is -0.456 e. The molecule has 3 nitrogen and oxygen atoms in total. The molecule has 0 aliphatic heterocycles. The predicted octanol–water partition coefficient (Wildman–Crippen LogP) is 13.2. The van der Waals surface area contributed by atoms with Gasteiger partial charge in [-0.2, -0.15) is 0 Å². The highest BCUT2D eigenvalue weighted by Gasteiger charge is 2.23. The number of rotatable bonds is 7. The van der Waals surface area contributed by atoms with Gasteiger partial charge < -0.3 is 13.4 Å². The van der Waals surface area contributed by atoms with E-state index in [1.807, 2.05) is 31.2 Å². The molecule has 48 heavy (non-hydrogen) atoms. The molecule has 8 rings (SSSR count). The Morgan fingerprint density at radius 2 is 1.52 bits per heavy atom. The fraction of sp³-hybridized carbons (Fsp3) is 0.0667. The molecule has 0 fully saturated rings. The fourth-order valence-electron chi connectivity index (χ4n) is 7.20. The molecule has 0 amide bonds. The van der Waals surface area contributed by atoms with Gasteiger partial charge in [0.1, 0.15) is 22.3 Å². The molecule has 0 N–H and O–H groups in total. The van der Waals surface area contributed by atoms with Crippen molar-refractivity contribution in [2.24, 2.45) is 0 Å². The molecule has 0 spiro atoms. The molecule has 3 heterocycles. The molecule has 0 radical (unpaired) electrons. The standard InChI is InChI=1S/C45H35NO2/c1-7-13-27(4)29(6)42-28(5)19-21-35-36-22-23-39-43(45(36)48-44(35)42)33(9-3)38(14-8-2)46(39)32-16-12-15-30(25-32)31-20-24-41-37(26-31)34-17-10-11-18-40(34)47-41/h7-26H,1,3,6H2,2,4-5H3/b14-8-,27-13-. The average Bonchev–Trinajstić information content (AvgIpc) is 3.77. The summed E-state index contributed by atoms with van der Waals surface area (Å²) in [5.41, 5.74) is 14.1. The third-order valence-corrected chi connectivity index (χ3v) is 9.51. The second-order valence-electron chi connectivity index (χ2n) is 12.3. The van der Waals surface area contributed by atoms with E-state index in [0.29, 0.717) is 0 Å². The first-order valence-electron chi connectivity index (χ1n) is 16.2. The highest BCUT2D eigenvalue weighted by Crippen LogP contribution is 2.43. The molecule has 3 heteroatoms. The summed E-state index contributed by atoms with van der Waals surface area (Å²) in [6, 6.07) is 32.1. The molecule has 0 saturated heterocycles. The van der Waals surface area contributed by atoms with Gasteiger partial charge in [-0.25, -0.2) is 0 Å². The Morgan fingerprint density at radius 1 is 0.750 bits per heavy atom. The SMILES string of the molecule is C=C/C=C(/C)C(=C)c1c(C)ccc2c1oc1c2ccc2c1c(C=C)c(/C=C\C)n2-c1cccc(-c2ccc3oc4ccccc4c3c2)c1. The third-order valence-electron chi connectivity index (χ3n) is 9.51. The summed E-state index contributed by atoms with van der Waals surface area (Å²) in [7, 11) is 0. The van der Waals surface area contributed by atoms with E-state index < -0.39 is 0 Å². The number of aryl methyl sites for hydroxylation is 1. The molecular formula is C45H35NO2. The molecule has 0 bridgehead atoms. The van der Waals surface area contributed by atoms with Crippen molar-refractivity contribution in [2.45, 2.75) is 20.8 Å². The zero-order chi connectivity index (χ0) is 33.1. The summed E-state index contributed by atoms with van der Waals surface area (Å²) in [4.78, 5) is 0. The van der Waals surface area contributed by atoms with E-state index in [0.717, 1.165) is 105 Å². The molecule has 5 aromatic carbocycles. The Kier molecular flexibility index (Phi) is 6.92. The van der Waals surface area contributed by atoms with Gasteiger partial charge >= 0.3 is 0 Å². The van der Waals surface area contributed by atoms with Crippen molar-refractivity contribution in [3.63, 3.8) is 0 Å². The first kappa shape index (κ1) is 29.3. The van der Waals surface area contributed by atoms with Crippen LogP contribution in [0.4, 0.5) is 0 Å². The lowest BCUT2D eigenvalue weighted by Gasteiger charge is -2.12. The molecule has 0 unspecified atom stereocenters. The van der Waals surface area contributed by atoms with Gasteiger partial charge in [0.25, 0.3) is 0 Å². The van der Waals surface area contributed by atoms with Crippen LogP contribution in [0.1, 0.15) is 36.2 Å². The van der Waals surface area contributed by atoms with E-state index in [1.54, 1.807) is 6.08 Å². The van der Waals surface area contributed by atoms with Crippen LogP contribution in [0.3, 0.4) is 0 Å². The number of fused-ring (bicyclic) bond motifs is 8. The fourth-order valence-corrected chi connectivity index (χ4v) is 7.20. The zero-order valence-electron chi connectivity index (χ0n) is 27.4. The van der Waals surface area contributed by atoms with Crippen LogP contribution in [0.15, 0.2) is 143 Å². The highest BCUT2D eigenvalue weighted by molar-refractivity contribution is 6.19. The number of hydrogen-bond donors (Lipinski definition) is 0. The van der Waals surface area contributed by atoms with Gasteiger partial charge in [-0.15, -0.1) is 0 Å². The van der Waals surface area contributed by atoms with Gasteiger partial charge in [-0.3, -0.25) is 0 Å². The molecule has 0 aliphatic rings. The maximum absolute atomic E-state index is 6.91. The van der Waals surface area contributed by atoms with Crippen LogP contribution < -0.4 is 0 Å². The monoisotopic (exact) mass is 621 g/mol. The van der Waals surface area contributed by atoms with E-state index in [4.69, 9.17) is 8.83 Å². The lowest BCUT2D eigenvalue weighted by atomic mass is 9.94. The van der Waals surface area contributed by atoms with Crippen LogP contribution in [0.5, 0.6) is 0 Å². The summed E-state index contributed by atoms with van der Waals surface area (Å²) in [5, 5.41) is 5.41. The van der Waals surface area contributed by atoms with E-state index in [9.17, 15) is 0 Å². The lowest BCUT2D eigenvalue weighted by molar-refractivity contribution is 0.669. The largest absolute Gasteiger partial charge is 0.456 e. The maximum atomic E-state index is 6.91. The first-order valence-corrected chi connectivity index (χ1v) is 16.2. The van der Waals surface area contributed by atoms with Crippen molar-refractivity contribution < 1.29 is 8.83 Å². The van der Waals surface area contributed by atoms with Gasteiger partial charge in [-0.1, -0.05) is 92.6 Å². The van der Waals surface area contributed by atoms with Crippen molar-refractivity contribution in [1.29, 1.82) is 0 Å². The summed E-state index contributed by atoms with van der Waals surface area (Å²) >= 11 is 0. The Labute approximate surface area is 279 Å². The van der Waals surface area contributed by atoms with Crippen molar-refractivity contribution >= 4 is 72.5 Å². The van der Waals surface area contributed by atoms with Gasteiger partial charge in [0.2, 0.25) is 0 Å². The van der Waals surface area contributed by atoms with Crippen LogP contribution in [-0.4, -0.2) is 4.57 Å². The van der Waals surface area contributed by atoms with Crippen molar-refractivity contribution in [1.82, 2.24) is 4.57 Å². The molecule has 0 atom stereocenters. The van der Waals surface area contributed by atoms with E-state index in [2.05, 4.69) is 129 Å². The molecule has 0 saturated carbocycles. The Hall–Kier alpha value is -6.06. The predicted molar refractivity (Wildman–Crippen MR) is 206 cm³/mol. The normalized spacial score (nSPS) is 12.4. The number of hydrogen-bond acceptors (Lipinski definition) is 2. The van der Waals surface area contributed by atoms with E-state index in [-0.39, 0.29) is 0 Å². The van der Waals surface area contributed by atoms with E-state index >= 15 is 0 Å². The van der Waals surface area contributed by atoms with Crippen molar-refractivity contribution in [3.8, 4) is 16.8 Å². The molecule has 232 valence electrons. The lowest BCUT2D eigenvalue weighted by Crippen LogP contribution is -1.97. The Balaban J connectivity index is 1.37. The maximum Gasteiger partial charge on any atom is 0.145 e. The van der Waals surface area contributed by atoms with Crippen LogP contribution in [0, 0.1) is 6.92 Å². The highest BCUT2D eigenvalue weighted by atomic mass is 16.3. The van der Waals surface area contributed by atoms with Crippen LogP contribution >= 0.6 is 0 Å². The topological polar surface area (TPSA) is 31.2 Å². The summed E-state index contributed by atoms with van der Waals surface area (Å²) < 4.78 is 15.3. The smallest absolute Gasteiger partial charge is 0.145 e. The van der Waals surface area contributed by atoms with E-state index in [1.165, 1.54) is 0 Å². The number of allylic oxidation sites excluding steroid dienone is 5. The zero-order valence-corrected chi connectivity index (χ0v) is 27.4. The second kappa shape index (κ2) is 11.3. The summed E-state index contributed by atoms with van der Waals surface area (Å²) in [5.74, 6) is 0. The minimum atomic E-state index is 0.846. The van der Waals surface area contributed by atoms with Gasteiger partial charge in [0.15, 0.2) is 0 Å². The number of aromatic nitrogens is 1.